The van der Waals surface area contributed by atoms with Crippen LogP contribution in [0.15, 0.2) is 42.0 Å². The lowest BCUT2D eigenvalue weighted by Crippen LogP contribution is -2.08. The van der Waals surface area contributed by atoms with Gasteiger partial charge in [0.05, 0.1) is 35.0 Å². The molecule has 1 aliphatic rings. The maximum atomic E-state index is 12.3. The van der Waals surface area contributed by atoms with Crippen molar-refractivity contribution < 1.29 is 28.5 Å². The van der Waals surface area contributed by atoms with Crippen molar-refractivity contribution in [1.29, 1.82) is 0 Å². The number of esters is 1. The fourth-order valence-corrected chi connectivity index (χ4v) is 3.28. The zero-order chi connectivity index (χ0) is 20.1. The largest absolute Gasteiger partial charge is 0.493 e. The molecule has 1 aliphatic heterocycles. The van der Waals surface area contributed by atoms with E-state index >= 15 is 0 Å². The van der Waals surface area contributed by atoms with Gasteiger partial charge >= 0.3 is 5.97 Å². The van der Waals surface area contributed by atoms with Crippen LogP contribution < -0.4 is 18.9 Å². The number of rotatable bonds is 7. The zero-order valence-electron chi connectivity index (χ0n) is 16.5. The molecule has 1 saturated heterocycles. The molecule has 0 amide bonds. The highest BCUT2D eigenvalue weighted by Crippen LogP contribution is 2.33. The molecule has 148 valence electrons. The third-order valence-corrected chi connectivity index (χ3v) is 4.75. The van der Waals surface area contributed by atoms with E-state index in [0.29, 0.717) is 41.6 Å². The predicted octanol–water partition coefficient (Wildman–Crippen LogP) is 3.52. The second-order valence-corrected chi connectivity index (χ2v) is 6.40. The number of carbonyl (C=O) groups excluding carboxylic acids is 1. The number of hydrogen-bond donors (Lipinski definition) is 0. The second kappa shape index (κ2) is 8.69. The lowest BCUT2D eigenvalue weighted by molar-refractivity contribution is -0.135. The molecule has 3 rings (SSSR count). The highest BCUT2D eigenvalue weighted by molar-refractivity contribution is 5.96. The fourth-order valence-electron chi connectivity index (χ4n) is 3.28. The quantitative estimate of drug-likeness (QED) is 0.538. The van der Waals surface area contributed by atoms with Crippen LogP contribution in [0.5, 0.6) is 23.0 Å². The van der Waals surface area contributed by atoms with Gasteiger partial charge in [0.2, 0.25) is 0 Å². The standard InChI is InChI=1S/C22H24O6/c1-24-18-7-5-14(11-20(18)26-3)9-16-13-28-22(23)17(16)10-15-6-8-19(25-2)21(12-15)27-4/h5-8,10-12,16H,9,13H2,1-4H3/t16-/m1/s1. The normalized spacial score (nSPS) is 17.4. The summed E-state index contributed by atoms with van der Waals surface area (Å²) in [6, 6.07) is 11.3. The Labute approximate surface area is 164 Å². The Kier molecular flexibility index (Phi) is 6.09. The first kappa shape index (κ1) is 19.6. The highest BCUT2D eigenvalue weighted by atomic mass is 16.5. The minimum Gasteiger partial charge on any atom is -0.493 e. The Hall–Kier alpha value is -3.15. The summed E-state index contributed by atoms with van der Waals surface area (Å²) in [7, 11) is 6.37. The molecule has 0 saturated carbocycles. The van der Waals surface area contributed by atoms with Crippen LogP contribution in [0.4, 0.5) is 0 Å². The summed E-state index contributed by atoms with van der Waals surface area (Å²) >= 11 is 0. The smallest absolute Gasteiger partial charge is 0.334 e. The second-order valence-electron chi connectivity index (χ2n) is 6.40. The van der Waals surface area contributed by atoms with Crippen LogP contribution in [0.25, 0.3) is 6.08 Å². The number of ether oxygens (including phenoxy) is 5. The first-order valence-corrected chi connectivity index (χ1v) is 8.91. The number of methoxy groups -OCH3 is 4. The van der Waals surface area contributed by atoms with Crippen molar-refractivity contribution in [3.8, 4) is 23.0 Å². The third-order valence-electron chi connectivity index (χ3n) is 4.75. The summed E-state index contributed by atoms with van der Waals surface area (Å²) in [5.41, 5.74) is 2.53. The molecular formula is C22H24O6. The minimum absolute atomic E-state index is 0.0429. The van der Waals surface area contributed by atoms with Crippen LogP contribution in [0.3, 0.4) is 0 Å². The minimum atomic E-state index is -0.291. The van der Waals surface area contributed by atoms with Gasteiger partial charge in [-0.25, -0.2) is 4.79 Å². The van der Waals surface area contributed by atoms with Crippen LogP contribution in [-0.2, 0) is 16.0 Å². The molecule has 1 heterocycles. The lowest BCUT2D eigenvalue weighted by Gasteiger charge is -2.12. The Balaban J connectivity index is 1.86. The Morgan fingerprint density at radius 3 is 2.14 bits per heavy atom. The molecule has 0 N–H and O–H groups in total. The molecule has 6 heteroatoms. The number of cyclic esters (lactones) is 1. The molecule has 28 heavy (non-hydrogen) atoms. The van der Waals surface area contributed by atoms with Gasteiger partial charge in [0.25, 0.3) is 0 Å². The highest BCUT2D eigenvalue weighted by Gasteiger charge is 2.30. The van der Waals surface area contributed by atoms with E-state index in [1.165, 1.54) is 0 Å². The van der Waals surface area contributed by atoms with Crippen molar-refractivity contribution in [2.75, 3.05) is 35.0 Å². The van der Waals surface area contributed by atoms with Gasteiger partial charge in [-0.1, -0.05) is 12.1 Å². The first-order valence-electron chi connectivity index (χ1n) is 8.91. The summed E-state index contributed by atoms with van der Waals surface area (Å²) in [5.74, 6) is 2.25. The van der Waals surface area contributed by atoms with Gasteiger partial charge in [-0.15, -0.1) is 0 Å². The van der Waals surface area contributed by atoms with Crippen LogP contribution in [0.1, 0.15) is 11.1 Å². The van der Waals surface area contributed by atoms with E-state index in [4.69, 9.17) is 23.7 Å². The van der Waals surface area contributed by atoms with Gasteiger partial charge in [-0.3, -0.25) is 0 Å². The molecule has 2 aromatic rings. The van der Waals surface area contributed by atoms with E-state index in [1.54, 1.807) is 28.4 Å². The third kappa shape index (κ3) is 4.06. The number of benzene rings is 2. The average molecular weight is 384 g/mol. The van der Waals surface area contributed by atoms with Gasteiger partial charge < -0.3 is 23.7 Å². The summed E-state index contributed by atoms with van der Waals surface area (Å²) < 4.78 is 26.6. The molecule has 6 nitrogen and oxygen atoms in total. The molecule has 0 spiro atoms. The fraction of sp³-hybridized carbons (Fsp3) is 0.318. The molecular weight excluding hydrogens is 360 g/mol. The first-order chi connectivity index (χ1) is 13.6. The predicted molar refractivity (Wildman–Crippen MR) is 105 cm³/mol. The van der Waals surface area contributed by atoms with E-state index in [0.717, 1.165) is 11.1 Å². The van der Waals surface area contributed by atoms with Crippen molar-refractivity contribution in [1.82, 2.24) is 0 Å². The molecule has 0 radical (unpaired) electrons. The van der Waals surface area contributed by atoms with Gasteiger partial charge in [0.1, 0.15) is 0 Å². The monoisotopic (exact) mass is 384 g/mol. The molecule has 0 aromatic heterocycles. The topological polar surface area (TPSA) is 63.2 Å². The van der Waals surface area contributed by atoms with Gasteiger partial charge in [0, 0.05) is 11.5 Å². The summed E-state index contributed by atoms with van der Waals surface area (Å²) in [6.07, 6.45) is 2.51. The SMILES string of the molecule is COc1ccc(C=C2C(=O)OC[C@H]2Cc2ccc(OC)c(OC)c2)cc1OC. The number of carbonyl (C=O) groups is 1. The summed E-state index contributed by atoms with van der Waals surface area (Å²) in [6.45, 7) is 0.353. The van der Waals surface area contributed by atoms with Crippen molar-refractivity contribution in [2.45, 2.75) is 6.42 Å². The van der Waals surface area contributed by atoms with Crippen LogP contribution in [-0.4, -0.2) is 41.0 Å². The Bertz CT molecular complexity index is 887. The Morgan fingerprint density at radius 2 is 1.50 bits per heavy atom. The molecule has 1 fully saturated rings. The van der Waals surface area contributed by atoms with Crippen molar-refractivity contribution in [2.24, 2.45) is 5.92 Å². The van der Waals surface area contributed by atoms with E-state index < -0.39 is 0 Å². The summed E-state index contributed by atoms with van der Waals surface area (Å²) in [4.78, 5) is 12.3. The Morgan fingerprint density at radius 1 is 0.893 bits per heavy atom. The number of hydrogen-bond acceptors (Lipinski definition) is 6. The van der Waals surface area contributed by atoms with Crippen molar-refractivity contribution >= 4 is 12.0 Å². The molecule has 1 atom stereocenters. The molecule has 0 bridgehead atoms. The average Bonchev–Trinajstić information content (AvgIpc) is 3.06. The zero-order valence-corrected chi connectivity index (χ0v) is 16.5. The van der Waals surface area contributed by atoms with Crippen LogP contribution in [0.2, 0.25) is 0 Å². The van der Waals surface area contributed by atoms with E-state index in [-0.39, 0.29) is 11.9 Å². The van der Waals surface area contributed by atoms with E-state index in [2.05, 4.69) is 0 Å². The maximum absolute atomic E-state index is 12.3. The van der Waals surface area contributed by atoms with E-state index in [9.17, 15) is 4.79 Å². The van der Waals surface area contributed by atoms with E-state index in [1.807, 2.05) is 42.5 Å². The maximum Gasteiger partial charge on any atom is 0.334 e. The lowest BCUT2D eigenvalue weighted by atomic mass is 9.92. The van der Waals surface area contributed by atoms with Crippen LogP contribution in [0, 0.1) is 5.92 Å². The van der Waals surface area contributed by atoms with Crippen molar-refractivity contribution in [3.05, 3.63) is 53.1 Å². The van der Waals surface area contributed by atoms with Gasteiger partial charge in [0.15, 0.2) is 23.0 Å². The van der Waals surface area contributed by atoms with Gasteiger partial charge in [-0.05, 0) is 47.9 Å². The molecule has 0 unspecified atom stereocenters. The van der Waals surface area contributed by atoms with Crippen LogP contribution >= 0.6 is 0 Å². The molecule has 2 aromatic carbocycles. The molecule has 0 aliphatic carbocycles. The van der Waals surface area contributed by atoms with Gasteiger partial charge in [-0.2, -0.15) is 0 Å². The van der Waals surface area contributed by atoms with Crippen molar-refractivity contribution in [3.63, 3.8) is 0 Å². The summed E-state index contributed by atoms with van der Waals surface area (Å²) in [5, 5.41) is 0.